The van der Waals surface area contributed by atoms with Crippen molar-refractivity contribution in [3.63, 3.8) is 0 Å². The SMILES string of the molecule is CC(N)Cc1ccccc1N1CCN(C)C(=O)C1. The molecule has 1 atom stereocenters. The number of hydrogen-bond donors (Lipinski definition) is 1. The van der Waals surface area contributed by atoms with E-state index in [1.54, 1.807) is 4.90 Å². The Balaban J connectivity index is 2.20. The summed E-state index contributed by atoms with van der Waals surface area (Å²) < 4.78 is 0. The minimum Gasteiger partial charge on any atom is -0.360 e. The summed E-state index contributed by atoms with van der Waals surface area (Å²) in [6, 6.07) is 8.36. The average Bonchev–Trinajstić information content (AvgIpc) is 2.33. The van der Waals surface area contributed by atoms with Crippen LogP contribution in [0.1, 0.15) is 12.5 Å². The van der Waals surface area contributed by atoms with E-state index >= 15 is 0 Å². The summed E-state index contributed by atoms with van der Waals surface area (Å²) in [5, 5.41) is 0. The fraction of sp³-hybridized carbons (Fsp3) is 0.500. The number of anilines is 1. The number of nitrogens with zero attached hydrogens (tertiary/aromatic N) is 2. The summed E-state index contributed by atoms with van der Waals surface area (Å²) in [6.07, 6.45) is 0.844. The Bertz CT molecular complexity index is 431. The van der Waals surface area contributed by atoms with Crippen molar-refractivity contribution in [3.05, 3.63) is 29.8 Å². The average molecular weight is 247 g/mol. The molecule has 4 heteroatoms. The predicted molar refractivity (Wildman–Crippen MR) is 73.6 cm³/mol. The molecular formula is C14H21N3O. The van der Waals surface area contributed by atoms with Gasteiger partial charge in [0.1, 0.15) is 0 Å². The Hall–Kier alpha value is -1.55. The Morgan fingerprint density at radius 2 is 2.06 bits per heavy atom. The maximum atomic E-state index is 11.8. The molecule has 1 aliphatic heterocycles. The number of rotatable bonds is 3. The molecule has 1 saturated heterocycles. The molecule has 1 heterocycles. The van der Waals surface area contributed by atoms with Crippen LogP contribution in [-0.2, 0) is 11.2 Å². The van der Waals surface area contributed by atoms with Crippen molar-refractivity contribution < 1.29 is 4.79 Å². The molecule has 2 N–H and O–H groups in total. The highest BCUT2D eigenvalue weighted by molar-refractivity contribution is 5.83. The summed E-state index contributed by atoms with van der Waals surface area (Å²) in [5.74, 6) is 0.178. The van der Waals surface area contributed by atoms with Crippen LogP contribution in [0.2, 0.25) is 0 Å². The van der Waals surface area contributed by atoms with Crippen molar-refractivity contribution in [1.82, 2.24) is 4.90 Å². The summed E-state index contributed by atoms with van der Waals surface area (Å²) >= 11 is 0. The lowest BCUT2D eigenvalue weighted by atomic mass is 10.0. The van der Waals surface area contributed by atoms with E-state index in [4.69, 9.17) is 5.73 Å². The first-order valence-electron chi connectivity index (χ1n) is 6.40. The highest BCUT2D eigenvalue weighted by Gasteiger charge is 2.22. The van der Waals surface area contributed by atoms with Gasteiger partial charge in [0.25, 0.3) is 0 Å². The van der Waals surface area contributed by atoms with Gasteiger partial charge in [-0.05, 0) is 25.0 Å². The Morgan fingerprint density at radius 3 is 2.72 bits per heavy atom. The zero-order valence-electron chi connectivity index (χ0n) is 11.1. The van der Waals surface area contributed by atoms with Crippen LogP contribution < -0.4 is 10.6 Å². The minimum atomic E-state index is 0.134. The largest absolute Gasteiger partial charge is 0.360 e. The maximum absolute atomic E-state index is 11.8. The van der Waals surface area contributed by atoms with Crippen LogP contribution in [0.15, 0.2) is 24.3 Å². The number of carbonyl (C=O) groups is 1. The second-order valence-corrected chi connectivity index (χ2v) is 5.05. The molecule has 0 aliphatic carbocycles. The first-order valence-corrected chi connectivity index (χ1v) is 6.40. The van der Waals surface area contributed by atoms with E-state index in [0.29, 0.717) is 6.54 Å². The molecule has 1 aliphatic rings. The Morgan fingerprint density at radius 1 is 1.33 bits per heavy atom. The van der Waals surface area contributed by atoms with E-state index < -0.39 is 0 Å². The van der Waals surface area contributed by atoms with Gasteiger partial charge in [-0.3, -0.25) is 4.79 Å². The molecule has 1 fully saturated rings. The van der Waals surface area contributed by atoms with Gasteiger partial charge in [0.05, 0.1) is 6.54 Å². The molecule has 0 aromatic heterocycles. The molecule has 0 radical (unpaired) electrons. The van der Waals surface area contributed by atoms with Gasteiger partial charge >= 0.3 is 0 Å². The number of carbonyl (C=O) groups excluding carboxylic acids is 1. The predicted octanol–water partition coefficient (Wildman–Crippen LogP) is 0.855. The molecule has 98 valence electrons. The fourth-order valence-electron chi connectivity index (χ4n) is 2.30. The van der Waals surface area contributed by atoms with E-state index in [1.807, 2.05) is 26.1 Å². The normalized spacial score (nSPS) is 18.1. The summed E-state index contributed by atoms with van der Waals surface area (Å²) in [6.45, 7) is 4.14. The molecule has 1 unspecified atom stereocenters. The number of amides is 1. The molecule has 1 amide bonds. The monoisotopic (exact) mass is 247 g/mol. The second-order valence-electron chi connectivity index (χ2n) is 5.05. The van der Waals surface area contributed by atoms with Crippen molar-refractivity contribution in [1.29, 1.82) is 0 Å². The van der Waals surface area contributed by atoms with Gasteiger partial charge in [-0.15, -0.1) is 0 Å². The highest BCUT2D eigenvalue weighted by Crippen LogP contribution is 2.22. The van der Waals surface area contributed by atoms with Crippen LogP contribution in [0.25, 0.3) is 0 Å². The topological polar surface area (TPSA) is 49.6 Å². The lowest BCUT2D eigenvalue weighted by Crippen LogP contribution is -2.48. The summed E-state index contributed by atoms with van der Waals surface area (Å²) in [5.41, 5.74) is 8.25. The first kappa shape index (κ1) is 12.9. The van der Waals surface area contributed by atoms with Gasteiger partial charge in [0, 0.05) is 31.9 Å². The number of piperazine rings is 1. The van der Waals surface area contributed by atoms with Crippen LogP contribution >= 0.6 is 0 Å². The Kier molecular flexibility index (Phi) is 3.87. The zero-order chi connectivity index (χ0) is 13.1. The van der Waals surface area contributed by atoms with Gasteiger partial charge in [-0.2, -0.15) is 0 Å². The second kappa shape index (κ2) is 5.40. The molecule has 1 aromatic rings. The van der Waals surface area contributed by atoms with E-state index in [2.05, 4.69) is 17.0 Å². The maximum Gasteiger partial charge on any atom is 0.241 e. The minimum absolute atomic E-state index is 0.134. The molecule has 4 nitrogen and oxygen atoms in total. The highest BCUT2D eigenvalue weighted by atomic mass is 16.2. The van der Waals surface area contributed by atoms with Gasteiger partial charge in [-0.25, -0.2) is 0 Å². The number of hydrogen-bond acceptors (Lipinski definition) is 3. The standard InChI is InChI=1S/C14H21N3O/c1-11(15)9-12-5-3-4-6-13(12)17-8-7-16(2)14(18)10-17/h3-6,11H,7-10,15H2,1-2H3. The van der Waals surface area contributed by atoms with Crippen molar-refractivity contribution in [2.24, 2.45) is 5.73 Å². The number of likely N-dealkylation sites (N-methyl/N-ethyl adjacent to an activating group) is 1. The number of para-hydroxylation sites is 1. The van der Waals surface area contributed by atoms with Gasteiger partial charge in [0.2, 0.25) is 5.91 Å². The van der Waals surface area contributed by atoms with Gasteiger partial charge < -0.3 is 15.5 Å². The van der Waals surface area contributed by atoms with Gasteiger partial charge in [-0.1, -0.05) is 18.2 Å². The molecule has 0 spiro atoms. The molecule has 2 rings (SSSR count). The van der Waals surface area contributed by atoms with Crippen LogP contribution in [0.5, 0.6) is 0 Å². The molecule has 18 heavy (non-hydrogen) atoms. The smallest absolute Gasteiger partial charge is 0.241 e. The molecule has 0 bridgehead atoms. The van der Waals surface area contributed by atoms with Gasteiger partial charge in [0.15, 0.2) is 0 Å². The lowest BCUT2D eigenvalue weighted by Gasteiger charge is -2.34. The van der Waals surface area contributed by atoms with Crippen LogP contribution in [-0.4, -0.2) is 43.5 Å². The number of nitrogens with two attached hydrogens (primary N) is 1. The third-order valence-electron chi connectivity index (χ3n) is 3.33. The number of benzene rings is 1. The van der Waals surface area contributed by atoms with E-state index in [-0.39, 0.29) is 11.9 Å². The van der Waals surface area contributed by atoms with E-state index in [9.17, 15) is 4.79 Å². The summed E-state index contributed by atoms with van der Waals surface area (Å²) in [7, 11) is 1.85. The third kappa shape index (κ3) is 2.82. The summed E-state index contributed by atoms with van der Waals surface area (Å²) in [4.78, 5) is 15.7. The van der Waals surface area contributed by atoms with Crippen molar-refractivity contribution in [2.75, 3.05) is 31.6 Å². The Labute approximate surface area is 108 Å². The van der Waals surface area contributed by atoms with Crippen LogP contribution in [0.3, 0.4) is 0 Å². The van der Waals surface area contributed by atoms with E-state index in [0.717, 1.165) is 25.2 Å². The van der Waals surface area contributed by atoms with Crippen LogP contribution in [0.4, 0.5) is 5.69 Å². The molecule has 1 aromatic carbocycles. The quantitative estimate of drug-likeness (QED) is 0.861. The lowest BCUT2D eigenvalue weighted by molar-refractivity contribution is -0.129. The molecule has 0 saturated carbocycles. The van der Waals surface area contributed by atoms with Crippen molar-refractivity contribution in [2.45, 2.75) is 19.4 Å². The van der Waals surface area contributed by atoms with Crippen molar-refractivity contribution >= 4 is 11.6 Å². The van der Waals surface area contributed by atoms with E-state index in [1.165, 1.54) is 5.56 Å². The van der Waals surface area contributed by atoms with Crippen molar-refractivity contribution in [3.8, 4) is 0 Å². The fourth-order valence-corrected chi connectivity index (χ4v) is 2.30. The zero-order valence-corrected chi connectivity index (χ0v) is 11.1. The third-order valence-corrected chi connectivity index (χ3v) is 3.33. The molecular weight excluding hydrogens is 226 g/mol. The first-order chi connectivity index (χ1) is 8.58. The van der Waals surface area contributed by atoms with Crippen LogP contribution in [0, 0.1) is 0 Å².